The number of carbonyl (C=O) groups is 1. The molecule has 0 aliphatic carbocycles. The summed E-state index contributed by atoms with van der Waals surface area (Å²) in [4.78, 5) is 15.6. The number of carboxylic acid groups (broad SMARTS) is 1. The largest absolute Gasteiger partial charge is 0.478 e. The number of nitrogens with one attached hydrogen (secondary N) is 1. The van der Waals surface area contributed by atoms with E-state index in [0.717, 1.165) is 33.9 Å². The van der Waals surface area contributed by atoms with Gasteiger partial charge in [0.25, 0.3) is 0 Å². The molecule has 0 aliphatic heterocycles. The minimum atomic E-state index is -0.918. The Bertz CT molecular complexity index is 1220. The van der Waals surface area contributed by atoms with E-state index in [4.69, 9.17) is 0 Å². The number of aromatic nitrogens is 1. The van der Waals surface area contributed by atoms with Crippen molar-refractivity contribution in [2.75, 3.05) is 6.54 Å². The molecular formula is C27H28Cl2N2O3. The number of rotatable bonds is 8. The van der Waals surface area contributed by atoms with Crippen LogP contribution in [0.25, 0.3) is 21.9 Å². The van der Waals surface area contributed by atoms with Gasteiger partial charge in [0.2, 0.25) is 0 Å². The first-order chi connectivity index (χ1) is 15.5. The maximum Gasteiger partial charge on any atom is 0.336 e. The SMILES string of the molecule is C[C@H](Cc1ccc(-c2ccc(C(=O)O)c3ccccc23)cc1)NC[C@H](O)c1cccnc1.Cl.Cl. The van der Waals surface area contributed by atoms with E-state index in [1.807, 2.05) is 42.5 Å². The Morgan fingerprint density at radius 3 is 2.29 bits per heavy atom. The standard InChI is InChI=1S/C27H26N2O3.2ClH/c1-18(29-17-26(30)21-5-4-14-28-16-21)15-19-8-10-20(11-9-19)22-12-13-25(27(31)32)24-7-3-2-6-23(22)24;;/h2-14,16,18,26,29-30H,15,17H2,1H3,(H,31,32);2*1H/t18-,26+;;/m1../s1. The highest BCUT2D eigenvalue weighted by molar-refractivity contribution is 6.08. The number of hydrogen-bond acceptors (Lipinski definition) is 4. The highest BCUT2D eigenvalue weighted by atomic mass is 35.5. The summed E-state index contributed by atoms with van der Waals surface area (Å²) in [5.74, 6) is -0.918. The fourth-order valence-corrected chi connectivity index (χ4v) is 3.99. The van der Waals surface area contributed by atoms with Crippen LogP contribution in [0.1, 0.15) is 34.5 Å². The molecule has 2 atom stereocenters. The molecule has 3 aromatic carbocycles. The summed E-state index contributed by atoms with van der Waals surface area (Å²) in [6.07, 6.45) is 3.62. The lowest BCUT2D eigenvalue weighted by atomic mass is 9.94. The predicted octanol–water partition coefficient (Wildman–Crippen LogP) is 5.70. The molecule has 1 heterocycles. The van der Waals surface area contributed by atoms with Gasteiger partial charge < -0.3 is 15.5 Å². The number of benzene rings is 3. The van der Waals surface area contributed by atoms with Crippen LogP contribution in [0.2, 0.25) is 0 Å². The summed E-state index contributed by atoms with van der Waals surface area (Å²) in [5, 5.41) is 24.8. The zero-order chi connectivity index (χ0) is 22.5. The fourth-order valence-electron chi connectivity index (χ4n) is 3.99. The molecule has 0 bridgehead atoms. The Morgan fingerprint density at radius 2 is 1.65 bits per heavy atom. The molecule has 0 saturated carbocycles. The molecule has 0 saturated heterocycles. The quantitative estimate of drug-likeness (QED) is 0.290. The first kappa shape index (κ1) is 27.3. The van der Waals surface area contributed by atoms with Crippen molar-refractivity contribution in [1.82, 2.24) is 10.3 Å². The second-order valence-electron chi connectivity index (χ2n) is 8.02. The third-order valence-electron chi connectivity index (χ3n) is 5.69. The van der Waals surface area contributed by atoms with Crippen molar-refractivity contribution in [2.45, 2.75) is 25.5 Å². The second kappa shape index (κ2) is 12.5. The first-order valence-electron chi connectivity index (χ1n) is 10.7. The van der Waals surface area contributed by atoms with Crippen LogP contribution in [0.3, 0.4) is 0 Å². The second-order valence-corrected chi connectivity index (χ2v) is 8.02. The Labute approximate surface area is 211 Å². The minimum Gasteiger partial charge on any atom is -0.478 e. The number of halogens is 2. The number of carboxylic acids is 1. The molecule has 7 heteroatoms. The average Bonchev–Trinajstić information content (AvgIpc) is 2.83. The molecule has 34 heavy (non-hydrogen) atoms. The van der Waals surface area contributed by atoms with Crippen LogP contribution in [-0.4, -0.2) is 33.8 Å². The van der Waals surface area contributed by atoms with Crippen molar-refractivity contribution in [2.24, 2.45) is 0 Å². The third kappa shape index (κ3) is 6.33. The number of pyridine rings is 1. The van der Waals surface area contributed by atoms with Gasteiger partial charge in [-0.25, -0.2) is 4.79 Å². The van der Waals surface area contributed by atoms with Gasteiger partial charge in [-0.2, -0.15) is 0 Å². The number of aliphatic hydroxyl groups excluding tert-OH is 1. The van der Waals surface area contributed by atoms with Crippen LogP contribution in [0.4, 0.5) is 0 Å². The number of aliphatic hydroxyl groups is 1. The third-order valence-corrected chi connectivity index (χ3v) is 5.69. The molecule has 0 amide bonds. The van der Waals surface area contributed by atoms with Crippen molar-refractivity contribution >= 4 is 41.6 Å². The van der Waals surface area contributed by atoms with Crippen molar-refractivity contribution in [3.05, 3.63) is 102 Å². The van der Waals surface area contributed by atoms with E-state index >= 15 is 0 Å². The van der Waals surface area contributed by atoms with Crippen LogP contribution in [0.15, 0.2) is 85.2 Å². The Morgan fingerprint density at radius 1 is 0.941 bits per heavy atom. The summed E-state index contributed by atoms with van der Waals surface area (Å²) < 4.78 is 0. The predicted molar refractivity (Wildman–Crippen MR) is 141 cm³/mol. The molecular weight excluding hydrogens is 471 g/mol. The van der Waals surface area contributed by atoms with Crippen LogP contribution in [-0.2, 0) is 6.42 Å². The van der Waals surface area contributed by atoms with Gasteiger partial charge in [0.15, 0.2) is 0 Å². The lowest BCUT2D eigenvalue weighted by molar-refractivity contribution is 0.0699. The Kier molecular flexibility index (Phi) is 10.0. The average molecular weight is 499 g/mol. The Hall–Kier alpha value is -2.96. The number of fused-ring (bicyclic) bond motifs is 1. The van der Waals surface area contributed by atoms with Gasteiger partial charge >= 0.3 is 5.97 Å². The van der Waals surface area contributed by atoms with Crippen molar-refractivity contribution in [3.8, 4) is 11.1 Å². The molecule has 0 spiro atoms. The summed E-state index contributed by atoms with van der Waals surface area (Å²) in [5.41, 5.74) is 4.38. The lowest BCUT2D eigenvalue weighted by Crippen LogP contribution is -2.32. The Balaban J connectivity index is 0.00000204. The highest BCUT2D eigenvalue weighted by Gasteiger charge is 2.13. The topological polar surface area (TPSA) is 82.5 Å². The van der Waals surface area contributed by atoms with Gasteiger partial charge in [-0.1, -0.05) is 60.7 Å². The van der Waals surface area contributed by atoms with E-state index < -0.39 is 12.1 Å². The fraction of sp³-hybridized carbons (Fsp3) is 0.185. The van der Waals surface area contributed by atoms with Crippen LogP contribution >= 0.6 is 24.8 Å². The summed E-state index contributed by atoms with van der Waals surface area (Å²) in [7, 11) is 0. The maximum atomic E-state index is 11.6. The van der Waals surface area contributed by atoms with Gasteiger partial charge in [-0.15, -0.1) is 24.8 Å². The van der Waals surface area contributed by atoms with Crippen molar-refractivity contribution in [1.29, 1.82) is 0 Å². The molecule has 4 rings (SSSR count). The molecule has 1 aromatic heterocycles. The number of nitrogens with zero attached hydrogens (tertiary/aromatic N) is 1. The smallest absolute Gasteiger partial charge is 0.336 e. The molecule has 0 aliphatic rings. The molecule has 0 radical (unpaired) electrons. The van der Waals surface area contributed by atoms with Crippen molar-refractivity contribution in [3.63, 3.8) is 0 Å². The highest BCUT2D eigenvalue weighted by Crippen LogP contribution is 2.31. The van der Waals surface area contributed by atoms with Gasteiger partial charge in [0.1, 0.15) is 0 Å². The van der Waals surface area contributed by atoms with E-state index in [9.17, 15) is 15.0 Å². The molecule has 0 unspecified atom stereocenters. The van der Waals surface area contributed by atoms with E-state index in [0.29, 0.717) is 12.1 Å². The monoisotopic (exact) mass is 498 g/mol. The molecule has 0 fully saturated rings. The minimum absolute atomic E-state index is 0. The van der Waals surface area contributed by atoms with E-state index in [1.165, 1.54) is 5.56 Å². The summed E-state index contributed by atoms with van der Waals surface area (Å²) in [6, 6.07) is 23.4. The molecule has 5 nitrogen and oxygen atoms in total. The number of aromatic carboxylic acids is 1. The van der Waals surface area contributed by atoms with Gasteiger partial charge in [0.05, 0.1) is 11.7 Å². The summed E-state index contributed by atoms with van der Waals surface area (Å²) >= 11 is 0. The van der Waals surface area contributed by atoms with E-state index in [2.05, 4.69) is 41.5 Å². The lowest BCUT2D eigenvalue weighted by Gasteiger charge is -2.17. The van der Waals surface area contributed by atoms with E-state index in [-0.39, 0.29) is 30.9 Å². The van der Waals surface area contributed by atoms with Crippen LogP contribution in [0, 0.1) is 0 Å². The van der Waals surface area contributed by atoms with Crippen LogP contribution < -0.4 is 5.32 Å². The number of hydrogen-bond donors (Lipinski definition) is 3. The first-order valence-corrected chi connectivity index (χ1v) is 10.7. The van der Waals surface area contributed by atoms with E-state index in [1.54, 1.807) is 18.5 Å². The van der Waals surface area contributed by atoms with Gasteiger partial charge in [0, 0.05) is 30.5 Å². The summed E-state index contributed by atoms with van der Waals surface area (Å²) in [6.45, 7) is 2.56. The van der Waals surface area contributed by atoms with Gasteiger partial charge in [-0.05, 0) is 52.9 Å². The zero-order valence-electron chi connectivity index (χ0n) is 18.7. The molecule has 4 aromatic rings. The van der Waals surface area contributed by atoms with Gasteiger partial charge in [-0.3, -0.25) is 4.98 Å². The van der Waals surface area contributed by atoms with Crippen molar-refractivity contribution < 1.29 is 15.0 Å². The molecule has 3 N–H and O–H groups in total. The maximum absolute atomic E-state index is 11.6. The normalized spacial score (nSPS) is 12.3. The molecule has 178 valence electrons. The van der Waals surface area contributed by atoms with Crippen LogP contribution in [0.5, 0.6) is 0 Å². The zero-order valence-corrected chi connectivity index (χ0v) is 20.4.